The molecule has 0 fully saturated rings. The van der Waals surface area contributed by atoms with Gasteiger partial charge < -0.3 is 19.3 Å². The Bertz CT molecular complexity index is 244. The molecular formula is C10H16O5. The molecule has 0 saturated carbocycles. The molecule has 0 rings (SSSR count). The van der Waals surface area contributed by atoms with Crippen LogP contribution in [0.25, 0.3) is 0 Å². The van der Waals surface area contributed by atoms with Gasteiger partial charge in [-0.1, -0.05) is 6.58 Å². The monoisotopic (exact) mass is 216 g/mol. The largest absolute Gasteiger partial charge is 0.485 e. The molecule has 0 heterocycles. The zero-order valence-electron chi connectivity index (χ0n) is 8.99. The third kappa shape index (κ3) is 6.56. The summed E-state index contributed by atoms with van der Waals surface area (Å²) in [5.41, 5.74) is 0. The smallest absolute Gasteiger partial charge is 0.370 e. The number of ether oxygens (including phenoxy) is 3. The third-order valence-electron chi connectivity index (χ3n) is 1.41. The van der Waals surface area contributed by atoms with Crippen molar-refractivity contribution in [1.29, 1.82) is 0 Å². The van der Waals surface area contributed by atoms with Crippen LogP contribution < -0.4 is 0 Å². The van der Waals surface area contributed by atoms with E-state index in [1.165, 1.54) is 6.26 Å². The van der Waals surface area contributed by atoms with Crippen LogP contribution in [-0.4, -0.2) is 30.1 Å². The van der Waals surface area contributed by atoms with Gasteiger partial charge in [0.2, 0.25) is 5.79 Å². The van der Waals surface area contributed by atoms with E-state index in [0.717, 1.165) is 0 Å². The topological polar surface area (TPSA) is 65.0 Å². The average Bonchev–Trinajstić information content (AvgIpc) is 2.11. The van der Waals surface area contributed by atoms with Crippen LogP contribution >= 0.6 is 0 Å². The lowest BCUT2D eigenvalue weighted by molar-refractivity contribution is -0.186. The van der Waals surface area contributed by atoms with E-state index in [-0.39, 0.29) is 19.0 Å². The minimum absolute atomic E-state index is 0.106. The van der Waals surface area contributed by atoms with Crippen molar-refractivity contribution in [3.8, 4) is 0 Å². The van der Waals surface area contributed by atoms with Crippen molar-refractivity contribution in [3.05, 3.63) is 25.2 Å². The highest BCUT2D eigenvalue weighted by Crippen LogP contribution is 2.10. The molecule has 15 heavy (non-hydrogen) atoms. The van der Waals surface area contributed by atoms with Gasteiger partial charge in [0.1, 0.15) is 6.61 Å². The standard InChI is InChI=1S/C10H16O5/c1-5-14-10(3,4)15-7-6-13-8(2)9(11)12/h5H,1-2,6-7H2,3-4H3,(H,11,12). The highest BCUT2D eigenvalue weighted by molar-refractivity contribution is 5.83. The number of hydrogen-bond acceptors (Lipinski definition) is 4. The van der Waals surface area contributed by atoms with Gasteiger partial charge in [-0.3, -0.25) is 0 Å². The molecule has 0 aromatic heterocycles. The Kier molecular flexibility index (Phi) is 5.48. The van der Waals surface area contributed by atoms with Gasteiger partial charge in [0, 0.05) is 13.8 Å². The van der Waals surface area contributed by atoms with Crippen molar-refractivity contribution in [2.24, 2.45) is 0 Å². The van der Waals surface area contributed by atoms with Crippen LogP contribution in [0.4, 0.5) is 0 Å². The predicted octanol–water partition coefficient (Wildman–Crippen LogP) is 1.51. The summed E-state index contributed by atoms with van der Waals surface area (Å²) in [5.74, 6) is -2.28. The van der Waals surface area contributed by atoms with Gasteiger partial charge in [0.25, 0.3) is 0 Å². The molecule has 0 atom stereocenters. The lowest BCUT2D eigenvalue weighted by Crippen LogP contribution is -2.28. The van der Waals surface area contributed by atoms with Crippen LogP contribution in [0.5, 0.6) is 0 Å². The van der Waals surface area contributed by atoms with Crippen LogP contribution in [0.1, 0.15) is 13.8 Å². The van der Waals surface area contributed by atoms with Gasteiger partial charge in [0.15, 0.2) is 5.76 Å². The van der Waals surface area contributed by atoms with Gasteiger partial charge in [-0.25, -0.2) is 4.79 Å². The Morgan fingerprint density at radius 2 is 2.07 bits per heavy atom. The van der Waals surface area contributed by atoms with E-state index in [9.17, 15) is 4.79 Å². The fraction of sp³-hybridized carbons (Fsp3) is 0.500. The molecular weight excluding hydrogens is 200 g/mol. The summed E-state index contributed by atoms with van der Waals surface area (Å²) < 4.78 is 15.1. The molecule has 0 aromatic carbocycles. The summed E-state index contributed by atoms with van der Waals surface area (Å²) in [6, 6.07) is 0. The Balaban J connectivity index is 3.66. The fourth-order valence-corrected chi connectivity index (χ4v) is 0.749. The zero-order chi connectivity index (χ0) is 11.9. The van der Waals surface area contributed by atoms with Crippen molar-refractivity contribution in [1.82, 2.24) is 0 Å². The molecule has 0 aliphatic heterocycles. The number of carboxylic acids is 1. The van der Waals surface area contributed by atoms with Crippen molar-refractivity contribution in [2.45, 2.75) is 19.6 Å². The van der Waals surface area contributed by atoms with Crippen LogP contribution in [0, 0.1) is 0 Å². The normalized spacial score (nSPS) is 10.5. The Labute approximate surface area is 88.9 Å². The minimum Gasteiger partial charge on any atom is -0.485 e. The van der Waals surface area contributed by atoms with Crippen LogP contribution in [-0.2, 0) is 19.0 Å². The highest BCUT2D eigenvalue weighted by atomic mass is 16.7. The van der Waals surface area contributed by atoms with E-state index in [0.29, 0.717) is 0 Å². The first-order valence-electron chi connectivity index (χ1n) is 4.36. The Morgan fingerprint density at radius 3 is 2.53 bits per heavy atom. The van der Waals surface area contributed by atoms with E-state index in [2.05, 4.69) is 13.2 Å². The van der Waals surface area contributed by atoms with Gasteiger partial charge in [-0.15, -0.1) is 0 Å². The molecule has 86 valence electrons. The maximum absolute atomic E-state index is 10.3. The van der Waals surface area contributed by atoms with Crippen molar-refractivity contribution in [3.63, 3.8) is 0 Å². The third-order valence-corrected chi connectivity index (χ3v) is 1.41. The summed E-state index contributed by atoms with van der Waals surface area (Å²) in [5, 5.41) is 8.42. The molecule has 0 saturated heterocycles. The number of carboxylic acid groups (broad SMARTS) is 1. The first-order valence-corrected chi connectivity index (χ1v) is 4.36. The molecule has 0 radical (unpaired) electrons. The predicted molar refractivity (Wildman–Crippen MR) is 54.0 cm³/mol. The minimum atomic E-state index is -1.18. The maximum Gasteiger partial charge on any atom is 0.370 e. The Hall–Kier alpha value is -1.49. The molecule has 5 heteroatoms. The summed E-state index contributed by atoms with van der Waals surface area (Å²) >= 11 is 0. The second-order valence-electron chi connectivity index (χ2n) is 3.11. The zero-order valence-corrected chi connectivity index (χ0v) is 8.99. The summed E-state index contributed by atoms with van der Waals surface area (Å²) in [4.78, 5) is 10.3. The highest BCUT2D eigenvalue weighted by Gasteiger charge is 2.17. The van der Waals surface area contributed by atoms with Crippen LogP contribution in [0.2, 0.25) is 0 Å². The number of aliphatic carboxylic acids is 1. The molecule has 5 nitrogen and oxygen atoms in total. The number of rotatable bonds is 8. The van der Waals surface area contributed by atoms with Gasteiger partial charge >= 0.3 is 5.97 Å². The van der Waals surface area contributed by atoms with E-state index in [1.807, 2.05) is 0 Å². The SMILES string of the molecule is C=COC(C)(C)OCCOC(=C)C(=O)O. The fourth-order valence-electron chi connectivity index (χ4n) is 0.749. The number of hydrogen-bond donors (Lipinski definition) is 1. The second kappa shape index (κ2) is 6.08. The average molecular weight is 216 g/mol. The molecule has 0 unspecified atom stereocenters. The van der Waals surface area contributed by atoms with E-state index in [1.54, 1.807) is 13.8 Å². The number of carbonyl (C=O) groups is 1. The summed E-state index contributed by atoms with van der Waals surface area (Å²) in [6.45, 7) is 10.3. The van der Waals surface area contributed by atoms with Crippen molar-refractivity contribution < 1.29 is 24.1 Å². The van der Waals surface area contributed by atoms with E-state index >= 15 is 0 Å². The first-order chi connectivity index (χ1) is 6.89. The van der Waals surface area contributed by atoms with E-state index < -0.39 is 11.8 Å². The maximum atomic E-state index is 10.3. The Morgan fingerprint density at radius 1 is 1.47 bits per heavy atom. The molecule has 0 amide bonds. The van der Waals surface area contributed by atoms with Gasteiger partial charge in [-0.2, -0.15) is 0 Å². The molecule has 0 bridgehead atoms. The van der Waals surface area contributed by atoms with Gasteiger partial charge in [-0.05, 0) is 6.58 Å². The molecule has 0 spiro atoms. The van der Waals surface area contributed by atoms with Crippen molar-refractivity contribution in [2.75, 3.05) is 13.2 Å². The first kappa shape index (κ1) is 13.5. The van der Waals surface area contributed by atoms with E-state index in [4.69, 9.17) is 19.3 Å². The molecule has 0 aliphatic rings. The van der Waals surface area contributed by atoms with Crippen LogP contribution in [0.3, 0.4) is 0 Å². The van der Waals surface area contributed by atoms with Crippen LogP contribution in [0.15, 0.2) is 25.2 Å². The molecule has 0 aliphatic carbocycles. The summed E-state index contributed by atoms with van der Waals surface area (Å²) in [7, 11) is 0. The van der Waals surface area contributed by atoms with Gasteiger partial charge in [0.05, 0.1) is 12.9 Å². The lowest BCUT2D eigenvalue weighted by atomic mass is 10.4. The quantitative estimate of drug-likeness (QED) is 0.288. The van der Waals surface area contributed by atoms with Crippen molar-refractivity contribution >= 4 is 5.97 Å². The molecule has 0 aromatic rings. The lowest BCUT2D eigenvalue weighted by Gasteiger charge is -2.24. The summed E-state index contributed by atoms with van der Waals surface area (Å²) in [6.07, 6.45) is 1.27. The molecule has 1 N–H and O–H groups in total. The second-order valence-corrected chi connectivity index (χ2v) is 3.11.